The first-order valence-corrected chi connectivity index (χ1v) is 13.0. The lowest BCUT2D eigenvalue weighted by atomic mass is 10.1. The van der Waals surface area contributed by atoms with Crippen LogP contribution in [-0.4, -0.2) is 42.0 Å². The predicted molar refractivity (Wildman–Crippen MR) is 140 cm³/mol. The lowest BCUT2D eigenvalue weighted by molar-refractivity contribution is 0.104. The number of carbonyl (C=O) groups is 1. The van der Waals surface area contributed by atoms with Gasteiger partial charge in [0, 0.05) is 28.7 Å². The number of likely N-dealkylation sites (tertiary alicyclic amines) is 1. The van der Waals surface area contributed by atoms with Crippen molar-refractivity contribution in [3.8, 4) is 23.0 Å². The van der Waals surface area contributed by atoms with E-state index in [9.17, 15) is 14.3 Å². The molecule has 0 saturated carbocycles. The first kappa shape index (κ1) is 24.3. The van der Waals surface area contributed by atoms with Crippen molar-refractivity contribution in [2.24, 2.45) is 5.92 Å². The van der Waals surface area contributed by atoms with Crippen molar-refractivity contribution < 1.29 is 23.8 Å². The van der Waals surface area contributed by atoms with Gasteiger partial charge in [-0.2, -0.15) is 0 Å². The number of nitrogens with zero attached hydrogens (tertiary/aromatic N) is 1. The number of fused-ring (bicyclic) bond motifs is 1. The fourth-order valence-electron chi connectivity index (χ4n) is 4.47. The highest BCUT2D eigenvalue weighted by molar-refractivity contribution is 7.21. The number of phenolic OH excluding ortho intramolecular Hbond substituents is 1. The number of hydrogen-bond donors (Lipinski definition) is 1. The molecule has 1 aliphatic heterocycles. The molecule has 1 atom stereocenters. The lowest BCUT2D eigenvalue weighted by Gasteiger charge is -2.15. The topological polar surface area (TPSA) is 59.0 Å². The number of phenols is 1. The number of benzene rings is 3. The monoisotopic (exact) mass is 505 g/mol. The van der Waals surface area contributed by atoms with E-state index in [2.05, 4.69) is 11.8 Å². The molecule has 0 radical (unpaired) electrons. The number of hydrogen-bond acceptors (Lipinski definition) is 6. The third-order valence-corrected chi connectivity index (χ3v) is 7.51. The van der Waals surface area contributed by atoms with Gasteiger partial charge in [-0.1, -0.05) is 6.92 Å². The van der Waals surface area contributed by atoms with Crippen molar-refractivity contribution in [3.63, 3.8) is 0 Å². The Balaban J connectivity index is 1.30. The fourth-order valence-corrected chi connectivity index (χ4v) is 5.60. The van der Waals surface area contributed by atoms with Crippen molar-refractivity contribution >= 4 is 27.2 Å². The molecule has 0 amide bonds. The van der Waals surface area contributed by atoms with Crippen LogP contribution >= 0.6 is 11.3 Å². The average molecular weight is 506 g/mol. The van der Waals surface area contributed by atoms with Crippen molar-refractivity contribution in [3.05, 3.63) is 83.0 Å². The molecule has 4 aromatic rings. The minimum absolute atomic E-state index is 0.108. The molecule has 1 saturated heterocycles. The molecule has 5 rings (SSSR count). The quantitative estimate of drug-likeness (QED) is 0.198. The number of aromatic hydroxyl groups is 1. The zero-order valence-electron chi connectivity index (χ0n) is 20.1. The summed E-state index contributed by atoms with van der Waals surface area (Å²) in [6.45, 7) is 6.35. The molecule has 1 aliphatic rings. The van der Waals surface area contributed by atoms with Crippen LogP contribution in [0.3, 0.4) is 0 Å². The first-order valence-electron chi connectivity index (χ1n) is 12.1. The van der Waals surface area contributed by atoms with Crippen LogP contribution in [0.4, 0.5) is 4.39 Å². The van der Waals surface area contributed by atoms with Crippen LogP contribution in [-0.2, 0) is 0 Å². The van der Waals surface area contributed by atoms with Gasteiger partial charge in [0.2, 0.25) is 5.78 Å². The summed E-state index contributed by atoms with van der Waals surface area (Å²) in [6, 6.07) is 17.7. The zero-order valence-corrected chi connectivity index (χ0v) is 20.9. The number of rotatable bonds is 9. The molecular weight excluding hydrogens is 477 g/mol. The van der Waals surface area contributed by atoms with E-state index in [1.54, 1.807) is 18.2 Å². The van der Waals surface area contributed by atoms with E-state index >= 15 is 0 Å². The van der Waals surface area contributed by atoms with E-state index in [1.807, 2.05) is 24.3 Å². The molecule has 0 bridgehead atoms. The zero-order chi connectivity index (χ0) is 25.1. The highest BCUT2D eigenvalue weighted by Crippen LogP contribution is 2.42. The normalized spacial score (nSPS) is 15.9. The first-order chi connectivity index (χ1) is 17.5. The minimum Gasteiger partial charge on any atom is -0.508 e. The number of ketones is 1. The Morgan fingerprint density at radius 2 is 1.83 bits per heavy atom. The standard InChI is InChI=1S/C29H28FNO4S/c1-19-13-15-31(18-19)14-2-16-34-23-8-10-24(11-9-23)35-28-25-12-7-22(32)17-26(25)36-29(28)27(33)20-3-5-21(30)6-4-20/h3-12,17,19,32H,2,13-16,18H2,1H3/t19-/m1/s1. The van der Waals surface area contributed by atoms with Gasteiger partial charge in [-0.15, -0.1) is 11.3 Å². The van der Waals surface area contributed by atoms with Crippen molar-refractivity contribution in [2.45, 2.75) is 19.8 Å². The van der Waals surface area contributed by atoms with Gasteiger partial charge in [0.05, 0.1) is 6.61 Å². The van der Waals surface area contributed by atoms with Crippen LogP contribution in [0.25, 0.3) is 10.1 Å². The summed E-state index contributed by atoms with van der Waals surface area (Å²) < 4.78 is 26.2. The molecule has 3 aromatic carbocycles. The number of ether oxygens (including phenoxy) is 2. The van der Waals surface area contributed by atoms with Crippen LogP contribution in [0.1, 0.15) is 35.0 Å². The minimum atomic E-state index is -0.405. The molecule has 1 fully saturated rings. The van der Waals surface area contributed by atoms with Crippen molar-refractivity contribution in [1.29, 1.82) is 0 Å². The Hall–Kier alpha value is -3.42. The van der Waals surface area contributed by atoms with Crippen LogP contribution in [0.2, 0.25) is 0 Å². The van der Waals surface area contributed by atoms with Gasteiger partial charge >= 0.3 is 0 Å². The van der Waals surface area contributed by atoms with Gasteiger partial charge in [-0.05, 0) is 92.0 Å². The molecule has 1 aromatic heterocycles. The molecular formula is C29H28FNO4S. The van der Waals surface area contributed by atoms with Crippen LogP contribution in [0.15, 0.2) is 66.7 Å². The van der Waals surface area contributed by atoms with E-state index in [1.165, 1.54) is 55.1 Å². The maximum Gasteiger partial charge on any atom is 0.206 e. The third kappa shape index (κ3) is 5.53. The van der Waals surface area contributed by atoms with E-state index in [4.69, 9.17) is 9.47 Å². The number of halogens is 1. The summed E-state index contributed by atoms with van der Waals surface area (Å²) in [5.41, 5.74) is 0.365. The largest absolute Gasteiger partial charge is 0.508 e. The second kappa shape index (κ2) is 10.7. The highest BCUT2D eigenvalue weighted by Gasteiger charge is 2.22. The van der Waals surface area contributed by atoms with Crippen molar-refractivity contribution in [2.75, 3.05) is 26.2 Å². The van der Waals surface area contributed by atoms with Crippen LogP contribution in [0, 0.1) is 11.7 Å². The number of thiophene rings is 1. The summed E-state index contributed by atoms with van der Waals surface area (Å²) >= 11 is 1.23. The number of carbonyl (C=O) groups excluding carboxylic acids is 1. The Bertz CT molecular complexity index is 1350. The maximum absolute atomic E-state index is 13.4. The molecule has 0 unspecified atom stereocenters. The average Bonchev–Trinajstić information content (AvgIpc) is 3.45. The van der Waals surface area contributed by atoms with Gasteiger partial charge in [0.15, 0.2) is 5.75 Å². The SMILES string of the molecule is C[C@@H]1CCN(CCCOc2ccc(Oc3c(C(=O)c4ccc(F)cc4)sc4cc(O)ccc34)cc2)C1. The van der Waals surface area contributed by atoms with E-state index < -0.39 is 5.82 Å². The highest BCUT2D eigenvalue weighted by atomic mass is 32.1. The Labute approximate surface area is 213 Å². The summed E-state index contributed by atoms with van der Waals surface area (Å²) in [4.78, 5) is 16.1. The van der Waals surface area contributed by atoms with Gasteiger partial charge in [0.1, 0.15) is 27.9 Å². The van der Waals surface area contributed by atoms with Gasteiger partial charge < -0.3 is 19.5 Å². The fraction of sp³-hybridized carbons (Fsp3) is 0.276. The van der Waals surface area contributed by atoms with Gasteiger partial charge in [-0.25, -0.2) is 4.39 Å². The molecule has 0 spiro atoms. The summed E-state index contributed by atoms with van der Waals surface area (Å²) in [5.74, 6) is 1.97. The Kier molecular flexibility index (Phi) is 7.20. The summed E-state index contributed by atoms with van der Waals surface area (Å²) in [7, 11) is 0. The summed E-state index contributed by atoms with van der Waals surface area (Å²) in [6.07, 6.45) is 2.26. The van der Waals surface area contributed by atoms with Crippen LogP contribution in [0.5, 0.6) is 23.0 Å². The molecule has 0 aliphatic carbocycles. The van der Waals surface area contributed by atoms with E-state index in [-0.39, 0.29) is 11.5 Å². The molecule has 5 nitrogen and oxygen atoms in total. The summed E-state index contributed by atoms with van der Waals surface area (Å²) in [5, 5.41) is 10.6. The van der Waals surface area contributed by atoms with Crippen molar-refractivity contribution in [1.82, 2.24) is 4.90 Å². The molecule has 186 valence electrons. The second-order valence-corrected chi connectivity index (χ2v) is 10.3. The van der Waals surface area contributed by atoms with Gasteiger partial charge in [0.25, 0.3) is 0 Å². The third-order valence-electron chi connectivity index (χ3n) is 6.38. The molecule has 7 heteroatoms. The van der Waals surface area contributed by atoms with Gasteiger partial charge in [-0.3, -0.25) is 4.79 Å². The molecule has 36 heavy (non-hydrogen) atoms. The van der Waals surface area contributed by atoms with Crippen LogP contribution < -0.4 is 9.47 Å². The Morgan fingerprint density at radius 1 is 1.08 bits per heavy atom. The van der Waals surface area contributed by atoms with E-state index in [0.29, 0.717) is 28.5 Å². The predicted octanol–water partition coefficient (Wildman–Crippen LogP) is 6.88. The lowest BCUT2D eigenvalue weighted by Crippen LogP contribution is -2.22. The smallest absolute Gasteiger partial charge is 0.206 e. The van der Waals surface area contributed by atoms with E-state index in [0.717, 1.165) is 34.7 Å². The molecule has 1 N–H and O–H groups in total. The second-order valence-electron chi connectivity index (χ2n) is 9.25. The molecule has 2 heterocycles. The maximum atomic E-state index is 13.4. The Morgan fingerprint density at radius 3 is 2.56 bits per heavy atom.